The van der Waals surface area contributed by atoms with Crippen LogP contribution in [0.4, 0.5) is 0 Å². The third kappa shape index (κ3) is 5.39. The molecule has 0 saturated carbocycles. The van der Waals surface area contributed by atoms with Crippen LogP contribution >= 0.6 is 23.2 Å². The van der Waals surface area contributed by atoms with Gasteiger partial charge in [0, 0.05) is 24.3 Å². The van der Waals surface area contributed by atoms with E-state index in [1.54, 1.807) is 4.57 Å². The quantitative estimate of drug-likeness (QED) is 0.266. The first-order valence-corrected chi connectivity index (χ1v) is 11.9. The van der Waals surface area contributed by atoms with E-state index in [0.29, 0.717) is 43.1 Å². The molecule has 0 aliphatic rings. The van der Waals surface area contributed by atoms with Crippen LogP contribution in [0.15, 0.2) is 46.2 Å². The van der Waals surface area contributed by atoms with Gasteiger partial charge < -0.3 is 4.98 Å². The number of halogens is 2. The second kappa shape index (κ2) is 10.4. The fourth-order valence-electron chi connectivity index (χ4n) is 3.94. The Hall–Kier alpha value is -2.84. The second-order valence-corrected chi connectivity index (χ2v) is 8.90. The lowest BCUT2D eigenvalue weighted by molar-refractivity contribution is 0.526. The molecule has 0 bridgehead atoms. The zero-order valence-corrected chi connectivity index (χ0v) is 19.9. The summed E-state index contributed by atoms with van der Waals surface area (Å²) in [6.45, 7) is 3.53. The van der Waals surface area contributed by atoms with Gasteiger partial charge in [0.15, 0.2) is 11.2 Å². The van der Waals surface area contributed by atoms with Gasteiger partial charge >= 0.3 is 5.69 Å². The Bertz CT molecular complexity index is 1370. The molecule has 10 heteroatoms. The van der Waals surface area contributed by atoms with Gasteiger partial charge in [-0.3, -0.25) is 18.6 Å². The van der Waals surface area contributed by atoms with Gasteiger partial charge in [-0.15, -0.1) is 0 Å². The molecule has 0 saturated heterocycles. The fraction of sp³-hybridized carbons (Fsp3) is 0.391. The van der Waals surface area contributed by atoms with Crippen LogP contribution in [-0.2, 0) is 26.1 Å². The minimum absolute atomic E-state index is 0.107. The fourth-order valence-corrected chi connectivity index (χ4v) is 4.33. The number of benzene rings is 1. The lowest BCUT2D eigenvalue weighted by Gasteiger charge is -2.11. The van der Waals surface area contributed by atoms with E-state index in [1.807, 2.05) is 41.3 Å². The molecule has 0 unspecified atom stereocenters. The van der Waals surface area contributed by atoms with E-state index in [0.717, 1.165) is 30.4 Å². The van der Waals surface area contributed by atoms with E-state index in [1.165, 1.54) is 4.57 Å². The largest absolute Gasteiger partial charge is 0.332 e. The number of aromatic nitrogens is 6. The van der Waals surface area contributed by atoms with Gasteiger partial charge in [0.2, 0.25) is 5.28 Å². The molecule has 8 nitrogen and oxygen atoms in total. The maximum atomic E-state index is 13.1. The number of nitrogens with zero attached hydrogens (tertiary/aromatic N) is 5. The summed E-state index contributed by atoms with van der Waals surface area (Å²) in [7, 11) is 0. The predicted molar refractivity (Wildman–Crippen MR) is 130 cm³/mol. The van der Waals surface area contributed by atoms with Crippen molar-refractivity contribution >= 4 is 34.4 Å². The summed E-state index contributed by atoms with van der Waals surface area (Å²) in [4.78, 5) is 33.0. The van der Waals surface area contributed by atoms with Gasteiger partial charge in [0.05, 0.1) is 12.7 Å². The molecule has 0 radical (unpaired) electrons. The van der Waals surface area contributed by atoms with Crippen molar-refractivity contribution in [2.75, 3.05) is 0 Å². The molecular weight excluding hydrogens is 463 g/mol. The summed E-state index contributed by atoms with van der Waals surface area (Å²) in [6, 6.07) is 7.67. The number of fused-ring (bicyclic) bond motifs is 1. The van der Waals surface area contributed by atoms with E-state index in [2.05, 4.69) is 22.0 Å². The Morgan fingerprint density at radius 2 is 1.85 bits per heavy atom. The van der Waals surface area contributed by atoms with E-state index in [4.69, 9.17) is 23.2 Å². The van der Waals surface area contributed by atoms with Crippen LogP contribution in [-0.4, -0.2) is 28.9 Å². The summed E-state index contributed by atoms with van der Waals surface area (Å²) in [5.74, 6) is 0. The second-order valence-electron chi connectivity index (χ2n) is 8.10. The number of aryl methyl sites for hydroxylation is 2. The minimum atomic E-state index is -0.391. The SMILES string of the molecule is CCCCCn1c(=O)n(CCCc2cnn(Cc3cccc(Cl)c3)c2)c(=O)c2[nH]c(Cl)nc21. The standard InChI is InChI=1S/C23H26Cl2N6O2/c1-2-3-4-10-30-20-19(27-22(25)28-20)21(32)31(23(30)33)11-6-8-17-13-26-29(15-17)14-16-7-5-9-18(24)12-16/h5,7,9,12-13,15H,2-4,6,8,10-11,14H2,1H3,(H,27,28). The molecule has 3 aromatic heterocycles. The number of H-pyrrole nitrogens is 1. The monoisotopic (exact) mass is 488 g/mol. The normalized spacial score (nSPS) is 11.5. The predicted octanol–water partition coefficient (Wildman–Crippen LogP) is 4.26. The zero-order chi connectivity index (χ0) is 23.4. The molecular formula is C23H26Cl2N6O2. The van der Waals surface area contributed by atoms with Crippen LogP contribution < -0.4 is 11.2 Å². The van der Waals surface area contributed by atoms with Gasteiger partial charge in [-0.2, -0.15) is 10.1 Å². The molecule has 0 fully saturated rings. The van der Waals surface area contributed by atoms with E-state index in [-0.39, 0.29) is 16.5 Å². The average molecular weight is 489 g/mol. The first-order valence-electron chi connectivity index (χ1n) is 11.1. The molecule has 0 spiro atoms. The number of nitrogens with one attached hydrogen (secondary N) is 1. The smallest absolute Gasteiger partial charge is 0.323 e. The Morgan fingerprint density at radius 1 is 1.03 bits per heavy atom. The number of hydrogen-bond donors (Lipinski definition) is 1. The van der Waals surface area contributed by atoms with Gasteiger partial charge in [-0.05, 0) is 54.1 Å². The molecule has 1 aromatic carbocycles. The molecule has 3 heterocycles. The summed E-state index contributed by atoms with van der Waals surface area (Å²) in [5.41, 5.74) is 1.97. The van der Waals surface area contributed by atoms with Crippen molar-refractivity contribution in [3.05, 3.63) is 78.9 Å². The van der Waals surface area contributed by atoms with E-state index >= 15 is 0 Å². The number of aromatic amines is 1. The van der Waals surface area contributed by atoms with Gasteiger partial charge in [0.1, 0.15) is 0 Å². The number of hydrogen-bond acceptors (Lipinski definition) is 4. The van der Waals surface area contributed by atoms with Crippen LogP contribution in [0.1, 0.15) is 43.7 Å². The minimum Gasteiger partial charge on any atom is -0.323 e. The molecule has 0 amide bonds. The maximum absolute atomic E-state index is 13.1. The summed E-state index contributed by atoms with van der Waals surface area (Å²) in [5, 5.41) is 5.22. The first-order chi connectivity index (χ1) is 16.0. The highest BCUT2D eigenvalue weighted by atomic mass is 35.5. The Kier molecular flexibility index (Phi) is 7.35. The van der Waals surface area contributed by atoms with Crippen molar-refractivity contribution in [1.29, 1.82) is 0 Å². The molecule has 1 N–H and O–H groups in total. The Labute approximate surface area is 200 Å². The molecule has 4 rings (SSSR count). The summed E-state index contributed by atoms with van der Waals surface area (Å²) in [6.07, 6.45) is 7.96. The van der Waals surface area contributed by atoms with Gasteiger partial charge in [-0.25, -0.2) is 4.79 Å². The molecule has 4 aromatic rings. The van der Waals surface area contributed by atoms with E-state index in [9.17, 15) is 9.59 Å². The number of unbranched alkanes of at least 4 members (excludes halogenated alkanes) is 2. The third-order valence-corrected chi connectivity index (χ3v) is 6.00. The lowest BCUT2D eigenvalue weighted by Crippen LogP contribution is -2.40. The van der Waals surface area contributed by atoms with Crippen molar-refractivity contribution < 1.29 is 0 Å². The molecule has 174 valence electrons. The Balaban J connectivity index is 1.48. The van der Waals surface area contributed by atoms with Gasteiger partial charge in [-0.1, -0.05) is 43.5 Å². The van der Waals surface area contributed by atoms with E-state index < -0.39 is 5.56 Å². The molecule has 33 heavy (non-hydrogen) atoms. The highest BCUT2D eigenvalue weighted by Crippen LogP contribution is 2.13. The van der Waals surface area contributed by atoms with Crippen LogP contribution in [0, 0.1) is 0 Å². The van der Waals surface area contributed by atoms with Crippen molar-refractivity contribution in [1.82, 2.24) is 28.9 Å². The van der Waals surface area contributed by atoms with Crippen LogP contribution in [0.5, 0.6) is 0 Å². The highest BCUT2D eigenvalue weighted by Gasteiger charge is 2.16. The lowest BCUT2D eigenvalue weighted by atomic mass is 10.2. The van der Waals surface area contributed by atoms with Crippen LogP contribution in [0.3, 0.4) is 0 Å². The van der Waals surface area contributed by atoms with Crippen LogP contribution in [0.25, 0.3) is 11.2 Å². The average Bonchev–Trinajstić information content (AvgIpc) is 3.39. The van der Waals surface area contributed by atoms with Crippen molar-refractivity contribution in [3.8, 4) is 0 Å². The maximum Gasteiger partial charge on any atom is 0.332 e. The molecule has 0 aliphatic heterocycles. The van der Waals surface area contributed by atoms with Crippen LogP contribution in [0.2, 0.25) is 10.3 Å². The summed E-state index contributed by atoms with van der Waals surface area (Å²) < 4.78 is 4.68. The molecule has 0 atom stereocenters. The molecule has 0 aliphatic carbocycles. The third-order valence-electron chi connectivity index (χ3n) is 5.59. The Morgan fingerprint density at radius 3 is 2.64 bits per heavy atom. The summed E-state index contributed by atoms with van der Waals surface area (Å²) >= 11 is 12.1. The number of rotatable bonds is 10. The van der Waals surface area contributed by atoms with Crippen molar-refractivity contribution in [2.45, 2.75) is 58.7 Å². The van der Waals surface area contributed by atoms with Crippen molar-refractivity contribution in [2.24, 2.45) is 0 Å². The zero-order valence-electron chi connectivity index (χ0n) is 18.4. The first kappa shape index (κ1) is 23.3. The van der Waals surface area contributed by atoms with Crippen molar-refractivity contribution in [3.63, 3.8) is 0 Å². The van der Waals surface area contributed by atoms with Gasteiger partial charge in [0.25, 0.3) is 5.56 Å². The topological polar surface area (TPSA) is 90.5 Å². The number of imidazole rings is 1. The highest BCUT2D eigenvalue weighted by molar-refractivity contribution is 6.30.